The molecule has 1 unspecified atom stereocenters. The van der Waals surface area contributed by atoms with Crippen LogP contribution in [-0.2, 0) is 13.0 Å². The van der Waals surface area contributed by atoms with E-state index in [1.165, 1.54) is 6.33 Å². The third kappa shape index (κ3) is 2.54. The zero-order valence-electron chi connectivity index (χ0n) is 12.6. The molecule has 124 valence electrons. The SMILES string of the molecule is Nc1nc2ncn(CC(O)Cc3ccc4c(c3)OCO4)c2c(=O)[nH]1. The number of aliphatic hydroxyl groups is 1. The fourth-order valence-electron chi connectivity index (χ4n) is 2.77. The van der Waals surface area contributed by atoms with Crippen LogP contribution in [-0.4, -0.2) is 37.5 Å². The molecule has 9 heteroatoms. The molecule has 0 radical (unpaired) electrons. The number of nitrogens with zero attached hydrogens (tertiary/aromatic N) is 3. The number of hydrogen-bond acceptors (Lipinski definition) is 7. The Balaban J connectivity index is 1.54. The minimum atomic E-state index is -0.709. The Kier molecular flexibility index (Phi) is 3.35. The first-order chi connectivity index (χ1) is 11.6. The Morgan fingerprint density at radius 3 is 3.08 bits per heavy atom. The quantitative estimate of drug-likeness (QED) is 0.616. The van der Waals surface area contributed by atoms with Crippen LogP contribution in [0.25, 0.3) is 11.2 Å². The van der Waals surface area contributed by atoms with Gasteiger partial charge in [0.05, 0.1) is 19.0 Å². The van der Waals surface area contributed by atoms with Gasteiger partial charge in [0.2, 0.25) is 12.7 Å². The zero-order valence-corrected chi connectivity index (χ0v) is 12.6. The zero-order chi connectivity index (χ0) is 16.7. The van der Waals surface area contributed by atoms with Gasteiger partial charge in [-0.1, -0.05) is 6.07 Å². The second-order valence-electron chi connectivity index (χ2n) is 5.57. The molecule has 3 heterocycles. The Labute approximate surface area is 135 Å². The van der Waals surface area contributed by atoms with E-state index in [0.717, 1.165) is 5.56 Å². The molecule has 0 saturated carbocycles. The average Bonchev–Trinajstić information content (AvgIpc) is 3.13. The maximum Gasteiger partial charge on any atom is 0.278 e. The Hall–Kier alpha value is -3.07. The van der Waals surface area contributed by atoms with Crippen molar-refractivity contribution in [3.8, 4) is 11.5 Å². The molecule has 1 aliphatic heterocycles. The summed E-state index contributed by atoms with van der Waals surface area (Å²) < 4.78 is 12.2. The number of benzene rings is 1. The van der Waals surface area contributed by atoms with E-state index in [0.29, 0.717) is 17.9 Å². The summed E-state index contributed by atoms with van der Waals surface area (Å²) in [5.74, 6) is 1.38. The number of ether oxygens (including phenoxy) is 2. The predicted molar refractivity (Wildman–Crippen MR) is 84.8 cm³/mol. The third-order valence-corrected chi connectivity index (χ3v) is 3.82. The molecular weight excluding hydrogens is 314 g/mol. The van der Waals surface area contributed by atoms with Crippen molar-refractivity contribution in [1.82, 2.24) is 19.5 Å². The smallest absolute Gasteiger partial charge is 0.278 e. The standard InChI is InChI=1S/C15H15N5O4/c16-15-18-13-12(14(22)19-15)20(6-17-13)5-9(21)3-8-1-2-10-11(4-8)24-7-23-10/h1-2,4,6,9,21H,3,5,7H2,(H3,16,18,19,22). The Morgan fingerprint density at radius 1 is 1.38 bits per heavy atom. The van der Waals surface area contributed by atoms with Crippen LogP contribution in [0.2, 0.25) is 0 Å². The van der Waals surface area contributed by atoms with E-state index in [-0.39, 0.29) is 36.0 Å². The van der Waals surface area contributed by atoms with Crippen LogP contribution >= 0.6 is 0 Å². The molecular formula is C15H15N5O4. The third-order valence-electron chi connectivity index (χ3n) is 3.82. The van der Waals surface area contributed by atoms with Gasteiger partial charge >= 0.3 is 0 Å². The lowest BCUT2D eigenvalue weighted by Gasteiger charge is -2.12. The van der Waals surface area contributed by atoms with E-state index in [1.54, 1.807) is 4.57 Å². The number of hydrogen-bond donors (Lipinski definition) is 3. The minimum absolute atomic E-state index is 0.0126. The first-order valence-electron chi connectivity index (χ1n) is 7.37. The van der Waals surface area contributed by atoms with Gasteiger partial charge in [-0.15, -0.1) is 0 Å². The summed E-state index contributed by atoms with van der Waals surface area (Å²) in [6.07, 6.45) is 1.16. The van der Waals surface area contributed by atoms with Crippen LogP contribution in [0.1, 0.15) is 5.56 Å². The number of anilines is 1. The summed E-state index contributed by atoms with van der Waals surface area (Å²) in [4.78, 5) is 22.4. The van der Waals surface area contributed by atoms with Crippen molar-refractivity contribution >= 4 is 17.1 Å². The van der Waals surface area contributed by atoms with Crippen molar-refractivity contribution in [3.05, 3.63) is 40.4 Å². The van der Waals surface area contributed by atoms with Crippen molar-refractivity contribution in [2.24, 2.45) is 0 Å². The normalized spacial score (nSPS) is 14.2. The van der Waals surface area contributed by atoms with E-state index in [2.05, 4.69) is 15.0 Å². The highest BCUT2D eigenvalue weighted by molar-refractivity contribution is 5.70. The molecule has 0 spiro atoms. The number of imidazole rings is 1. The molecule has 2 aromatic heterocycles. The molecule has 1 atom stereocenters. The predicted octanol–water partition coefficient (Wildman–Crippen LogP) is 0.0341. The monoisotopic (exact) mass is 329 g/mol. The molecule has 0 saturated heterocycles. The maximum atomic E-state index is 12.0. The van der Waals surface area contributed by atoms with Crippen LogP contribution < -0.4 is 20.8 Å². The largest absolute Gasteiger partial charge is 0.454 e. The number of rotatable bonds is 4. The maximum absolute atomic E-state index is 12.0. The summed E-state index contributed by atoms with van der Waals surface area (Å²) >= 11 is 0. The first kappa shape index (κ1) is 14.5. The highest BCUT2D eigenvalue weighted by Gasteiger charge is 2.16. The highest BCUT2D eigenvalue weighted by atomic mass is 16.7. The van der Waals surface area contributed by atoms with Gasteiger partial charge < -0.3 is 24.9 Å². The number of aromatic nitrogens is 4. The number of fused-ring (bicyclic) bond motifs is 2. The number of nitrogen functional groups attached to an aromatic ring is 1. The topological polar surface area (TPSA) is 128 Å². The number of aromatic amines is 1. The van der Waals surface area contributed by atoms with Gasteiger partial charge in [-0.2, -0.15) is 4.98 Å². The van der Waals surface area contributed by atoms with Gasteiger partial charge in [-0.3, -0.25) is 9.78 Å². The highest BCUT2D eigenvalue weighted by Crippen LogP contribution is 2.32. The molecule has 1 aliphatic rings. The van der Waals surface area contributed by atoms with Gasteiger partial charge in [0, 0.05) is 6.42 Å². The minimum Gasteiger partial charge on any atom is -0.454 e. The van der Waals surface area contributed by atoms with Crippen LogP contribution in [0.4, 0.5) is 5.95 Å². The number of aliphatic hydroxyl groups excluding tert-OH is 1. The summed E-state index contributed by atoms with van der Waals surface area (Å²) in [5, 5.41) is 10.3. The van der Waals surface area contributed by atoms with Crippen molar-refractivity contribution < 1.29 is 14.6 Å². The molecule has 4 N–H and O–H groups in total. The van der Waals surface area contributed by atoms with Gasteiger partial charge in [-0.25, -0.2) is 4.98 Å². The lowest BCUT2D eigenvalue weighted by molar-refractivity contribution is 0.155. The second kappa shape index (κ2) is 5.53. The summed E-state index contributed by atoms with van der Waals surface area (Å²) in [6, 6.07) is 5.53. The first-order valence-corrected chi connectivity index (χ1v) is 7.37. The number of H-pyrrole nitrogens is 1. The molecule has 0 fully saturated rings. The molecule has 24 heavy (non-hydrogen) atoms. The summed E-state index contributed by atoms with van der Waals surface area (Å²) in [7, 11) is 0. The van der Waals surface area contributed by atoms with Crippen LogP contribution in [0.5, 0.6) is 11.5 Å². The number of nitrogens with one attached hydrogen (secondary N) is 1. The summed E-state index contributed by atoms with van der Waals surface area (Å²) in [5.41, 5.74) is 6.56. The Morgan fingerprint density at radius 2 is 2.21 bits per heavy atom. The molecule has 4 rings (SSSR count). The van der Waals surface area contributed by atoms with Gasteiger partial charge in [0.15, 0.2) is 22.7 Å². The number of nitrogens with two attached hydrogens (primary N) is 1. The Bertz CT molecular complexity index is 964. The van der Waals surface area contributed by atoms with Crippen LogP contribution in [0.15, 0.2) is 29.3 Å². The van der Waals surface area contributed by atoms with Crippen molar-refractivity contribution in [3.63, 3.8) is 0 Å². The van der Waals surface area contributed by atoms with Crippen molar-refractivity contribution in [1.29, 1.82) is 0 Å². The van der Waals surface area contributed by atoms with Gasteiger partial charge in [0.25, 0.3) is 5.56 Å². The fraction of sp³-hybridized carbons (Fsp3) is 0.267. The molecule has 1 aromatic carbocycles. The van der Waals surface area contributed by atoms with Crippen LogP contribution in [0, 0.1) is 0 Å². The molecule has 9 nitrogen and oxygen atoms in total. The summed E-state index contributed by atoms with van der Waals surface area (Å²) in [6.45, 7) is 0.418. The lowest BCUT2D eigenvalue weighted by Crippen LogP contribution is -2.21. The molecule has 0 aliphatic carbocycles. The average molecular weight is 329 g/mol. The van der Waals surface area contributed by atoms with Gasteiger partial charge in [0.1, 0.15) is 0 Å². The fourth-order valence-corrected chi connectivity index (χ4v) is 2.77. The van der Waals surface area contributed by atoms with Crippen LogP contribution in [0.3, 0.4) is 0 Å². The molecule has 3 aromatic rings. The second-order valence-corrected chi connectivity index (χ2v) is 5.57. The van der Waals surface area contributed by atoms with Gasteiger partial charge in [-0.05, 0) is 17.7 Å². The molecule has 0 bridgehead atoms. The lowest BCUT2D eigenvalue weighted by atomic mass is 10.1. The van der Waals surface area contributed by atoms with Crippen molar-refractivity contribution in [2.75, 3.05) is 12.5 Å². The van der Waals surface area contributed by atoms with E-state index in [9.17, 15) is 9.90 Å². The van der Waals surface area contributed by atoms with E-state index in [1.807, 2.05) is 18.2 Å². The van der Waals surface area contributed by atoms with E-state index >= 15 is 0 Å². The molecule has 0 amide bonds. The van der Waals surface area contributed by atoms with E-state index < -0.39 is 6.10 Å². The van der Waals surface area contributed by atoms with E-state index in [4.69, 9.17) is 15.2 Å². The van der Waals surface area contributed by atoms with Crippen molar-refractivity contribution in [2.45, 2.75) is 19.1 Å².